The predicted molar refractivity (Wildman–Crippen MR) is 64.6 cm³/mol. The summed E-state index contributed by atoms with van der Waals surface area (Å²) in [5.74, 6) is -3.18. The van der Waals surface area contributed by atoms with Gasteiger partial charge in [-0.3, -0.25) is 0 Å². The number of likely N-dealkylation sites (N-methyl/N-ethyl adjacent to an activating group) is 1. The maximum Gasteiger partial charge on any atom is 0.329 e. The first-order valence-electron chi connectivity index (χ1n) is 5.45. The normalized spacial score (nSPS) is 11.8. The van der Waals surface area contributed by atoms with Crippen LogP contribution in [0.5, 0.6) is 0 Å². The smallest absolute Gasteiger partial charge is 0.329 e. The summed E-state index contributed by atoms with van der Waals surface area (Å²) in [5.41, 5.74) is 0. The average Bonchev–Trinajstić information content (AvgIpc) is 2.32. The van der Waals surface area contributed by atoms with Crippen molar-refractivity contribution in [2.75, 3.05) is 26.8 Å². The third-order valence-electron chi connectivity index (χ3n) is 2.32. The van der Waals surface area contributed by atoms with Gasteiger partial charge in [-0.15, -0.1) is 0 Å². The number of hydrogen-bond acceptors (Lipinski definition) is 4. The molecule has 0 atom stereocenters. The van der Waals surface area contributed by atoms with Gasteiger partial charge in [-0.05, 0) is 12.1 Å². The van der Waals surface area contributed by atoms with E-state index in [4.69, 9.17) is 9.84 Å². The Labute approximate surface area is 114 Å². The van der Waals surface area contributed by atoms with Crippen LogP contribution in [0, 0.1) is 11.6 Å². The Balaban J connectivity index is 2.74. The van der Waals surface area contributed by atoms with Gasteiger partial charge in [-0.1, -0.05) is 0 Å². The van der Waals surface area contributed by atoms with Crippen molar-refractivity contribution in [2.45, 2.75) is 4.90 Å². The van der Waals surface area contributed by atoms with E-state index in [1.165, 1.54) is 7.05 Å². The molecule has 1 aromatic carbocycles. The Morgan fingerprint density at radius 1 is 1.30 bits per heavy atom. The van der Waals surface area contributed by atoms with E-state index in [9.17, 15) is 22.0 Å². The molecule has 9 heteroatoms. The molecular weight excluding hydrogens is 296 g/mol. The summed E-state index contributed by atoms with van der Waals surface area (Å²) in [5, 5.41) is 8.34. The number of carbonyl (C=O) groups is 1. The first-order chi connectivity index (χ1) is 9.23. The highest BCUT2D eigenvalue weighted by Gasteiger charge is 2.22. The number of nitrogens with zero attached hydrogens (tertiary/aromatic N) is 1. The van der Waals surface area contributed by atoms with Crippen LogP contribution in [-0.2, 0) is 19.6 Å². The van der Waals surface area contributed by atoms with Crippen LogP contribution in [0.1, 0.15) is 0 Å². The van der Waals surface area contributed by atoms with Gasteiger partial charge in [0.25, 0.3) is 0 Å². The second-order valence-electron chi connectivity index (χ2n) is 3.88. The van der Waals surface area contributed by atoms with Crippen LogP contribution in [-0.4, -0.2) is 50.6 Å². The first kappa shape index (κ1) is 16.5. The van der Waals surface area contributed by atoms with E-state index >= 15 is 0 Å². The van der Waals surface area contributed by atoms with E-state index in [0.717, 1.165) is 4.31 Å². The molecule has 0 radical (unpaired) electrons. The zero-order valence-electron chi connectivity index (χ0n) is 10.5. The number of aliphatic carboxylic acids is 1. The highest BCUT2D eigenvalue weighted by atomic mass is 32.2. The van der Waals surface area contributed by atoms with E-state index in [2.05, 4.69) is 0 Å². The molecule has 1 rings (SSSR count). The Kier molecular flexibility index (Phi) is 5.54. The number of hydrogen-bond donors (Lipinski definition) is 1. The molecule has 0 aliphatic carbocycles. The maximum atomic E-state index is 13.0. The first-order valence-corrected chi connectivity index (χ1v) is 6.89. The van der Waals surface area contributed by atoms with Crippen molar-refractivity contribution in [3.05, 3.63) is 29.8 Å². The fourth-order valence-electron chi connectivity index (χ4n) is 1.33. The van der Waals surface area contributed by atoms with Gasteiger partial charge >= 0.3 is 5.97 Å². The molecule has 0 saturated carbocycles. The van der Waals surface area contributed by atoms with E-state index < -0.39 is 39.1 Å². The van der Waals surface area contributed by atoms with E-state index in [0.29, 0.717) is 18.2 Å². The molecule has 1 N–H and O–H groups in total. The molecule has 0 unspecified atom stereocenters. The summed E-state index contributed by atoms with van der Waals surface area (Å²) < 4.78 is 55.5. The van der Waals surface area contributed by atoms with Crippen molar-refractivity contribution in [3.63, 3.8) is 0 Å². The number of carboxylic acids is 1. The van der Waals surface area contributed by atoms with Crippen LogP contribution in [0.3, 0.4) is 0 Å². The Hall–Kier alpha value is -1.58. The van der Waals surface area contributed by atoms with Gasteiger partial charge in [0.05, 0.1) is 11.5 Å². The minimum atomic E-state index is -4.06. The zero-order valence-corrected chi connectivity index (χ0v) is 11.4. The minimum Gasteiger partial charge on any atom is -0.480 e. The van der Waals surface area contributed by atoms with Crippen LogP contribution in [0.2, 0.25) is 0 Å². The number of benzene rings is 1. The van der Waals surface area contributed by atoms with Crippen molar-refractivity contribution in [2.24, 2.45) is 0 Å². The molecule has 1 aromatic rings. The molecule has 0 aliphatic rings. The number of rotatable bonds is 7. The van der Waals surface area contributed by atoms with Crippen molar-refractivity contribution in [1.29, 1.82) is 0 Å². The molecule has 6 nitrogen and oxygen atoms in total. The van der Waals surface area contributed by atoms with E-state index in [1.807, 2.05) is 0 Å². The van der Waals surface area contributed by atoms with E-state index in [-0.39, 0.29) is 13.2 Å². The Morgan fingerprint density at radius 3 is 2.35 bits per heavy atom. The molecule has 0 bridgehead atoms. The number of ether oxygens (including phenoxy) is 1. The van der Waals surface area contributed by atoms with Gasteiger partial charge in [0.15, 0.2) is 0 Å². The molecule has 20 heavy (non-hydrogen) atoms. The second-order valence-corrected chi connectivity index (χ2v) is 5.92. The van der Waals surface area contributed by atoms with Crippen molar-refractivity contribution >= 4 is 16.0 Å². The van der Waals surface area contributed by atoms with Gasteiger partial charge in [-0.2, -0.15) is 4.31 Å². The standard InChI is InChI=1S/C11H13F2NO5S/c1-14(2-3-19-7-11(15)16)20(17,18)10-5-8(12)4-9(13)6-10/h4-6H,2-3,7H2,1H3,(H,15,16). The lowest BCUT2D eigenvalue weighted by atomic mass is 10.3. The molecule has 0 heterocycles. The molecular formula is C11H13F2NO5S. The van der Waals surface area contributed by atoms with Crippen LogP contribution in [0.25, 0.3) is 0 Å². The summed E-state index contributed by atoms with van der Waals surface area (Å²) in [7, 11) is -2.86. The Morgan fingerprint density at radius 2 is 1.85 bits per heavy atom. The number of carboxylic acid groups (broad SMARTS) is 1. The van der Waals surface area contributed by atoms with Crippen molar-refractivity contribution in [1.82, 2.24) is 4.31 Å². The highest BCUT2D eigenvalue weighted by Crippen LogP contribution is 2.17. The van der Waals surface area contributed by atoms with Gasteiger partial charge in [-0.25, -0.2) is 22.0 Å². The lowest BCUT2D eigenvalue weighted by molar-refractivity contribution is -0.142. The summed E-state index contributed by atoms with van der Waals surface area (Å²) in [4.78, 5) is 9.68. The minimum absolute atomic E-state index is 0.145. The summed E-state index contributed by atoms with van der Waals surface area (Å²) in [6.45, 7) is -0.851. The van der Waals surface area contributed by atoms with Gasteiger partial charge in [0, 0.05) is 19.7 Å². The summed E-state index contributed by atoms with van der Waals surface area (Å²) >= 11 is 0. The van der Waals surface area contributed by atoms with Crippen LogP contribution >= 0.6 is 0 Å². The fourth-order valence-corrected chi connectivity index (χ4v) is 2.53. The van der Waals surface area contributed by atoms with Crippen LogP contribution < -0.4 is 0 Å². The topological polar surface area (TPSA) is 83.9 Å². The average molecular weight is 309 g/mol. The molecule has 0 aliphatic heterocycles. The molecule has 0 spiro atoms. The van der Waals surface area contributed by atoms with Gasteiger partial charge in [0.2, 0.25) is 10.0 Å². The Bertz CT molecular complexity index is 570. The molecule has 112 valence electrons. The van der Waals surface area contributed by atoms with Crippen LogP contribution in [0.4, 0.5) is 8.78 Å². The lowest BCUT2D eigenvalue weighted by Crippen LogP contribution is -2.31. The molecule has 0 saturated heterocycles. The monoisotopic (exact) mass is 309 g/mol. The molecule has 0 aromatic heterocycles. The fraction of sp³-hybridized carbons (Fsp3) is 0.364. The zero-order chi connectivity index (χ0) is 15.3. The summed E-state index contributed by atoms with van der Waals surface area (Å²) in [6, 6.07) is 1.97. The predicted octanol–water partition coefficient (Wildman–Crippen LogP) is 0.686. The number of sulfonamides is 1. The molecule has 0 amide bonds. The van der Waals surface area contributed by atoms with Crippen LogP contribution in [0.15, 0.2) is 23.1 Å². The highest BCUT2D eigenvalue weighted by molar-refractivity contribution is 7.89. The maximum absolute atomic E-state index is 13.0. The van der Waals surface area contributed by atoms with Crippen molar-refractivity contribution < 1.29 is 31.8 Å². The second kappa shape index (κ2) is 6.73. The third kappa shape index (κ3) is 4.51. The number of halogens is 2. The SMILES string of the molecule is CN(CCOCC(=O)O)S(=O)(=O)c1cc(F)cc(F)c1. The molecule has 0 fully saturated rings. The summed E-state index contributed by atoms with van der Waals surface area (Å²) in [6.07, 6.45) is 0. The lowest BCUT2D eigenvalue weighted by Gasteiger charge is -2.17. The van der Waals surface area contributed by atoms with Crippen molar-refractivity contribution in [3.8, 4) is 0 Å². The quantitative estimate of drug-likeness (QED) is 0.749. The van der Waals surface area contributed by atoms with Gasteiger partial charge in [0.1, 0.15) is 18.2 Å². The largest absolute Gasteiger partial charge is 0.480 e. The van der Waals surface area contributed by atoms with E-state index in [1.54, 1.807) is 0 Å². The third-order valence-corrected chi connectivity index (χ3v) is 4.15. The van der Waals surface area contributed by atoms with Gasteiger partial charge < -0.3 is 9.84 Å².